The summed E-state index contributed by atoms with van der Waals surface area (Å²) in [5, 5.41) is 0. The molecule has 1 unspecified atom stereocenters. The molecule has 0 N–H and O–H groups in total. The lowest BCUT2D eigenvalue weighted by Gasteiger charge is -2.00. The second-order valence-corrected chi connectivity index (χ2v) is 4.58. The average molecular weight is 254 g/mol. The first-order chi connectivity index (χ1) is 7.36. The summed E-state index contributed by atoms with van der Waals surface area (Å²) in [6, 6.07) is 15.1. The quantitative estimate of drug-likeness (QED) is 0.842. The number of pyridine rings is 1. The second-order valence-electron chi connectivity index (χ2n) is 3.12. The van der Waals surface area contributed by atoms with Crippen molar-refractivity contribution >= 4 is 23.2 Å². The summed E-state index contributed by atoms with van der Waals surface area (Å²) in [5.41, 5.74) is 0.861. The summed E-state index contributed by atoms with van der Waals surface area (Å²) in [6.45, 7) is 0. The molecule has 0 spiro atoms. The Kier molecular flexibility index (Phi) is 5.15. The van der Waals surface area contributed by atoms with E-state index in [0.29, 0.717) is 5.75 Å². The van der Waals surface area contributed by atoms with Crippen molar-refractivity contribution in [3.05, 3.63) is 60.4 Å². The number of hydrogen-bond acceptors (Lipinski definition) is 2. The van der Waals surface area contributed by atoms with E-state index in [2.05, 4.69) is 4.98 Å². The van der Waals surface area contributed by atoms with Crippen molar-refractivity contribution in [2.45, 2.75) is 10.6 Å². The van der Waals surface area contributed by atoms with Gasteiger partial charge in [-0.3, -0.25) is 9.19 Å². The topological polar surface area (TPSA) is 30.0 Å². The van der Waals surface area contributed by atoms with Crippen LogP contribution in [0.4, 0.5) is 0 Å². The maximum absolute atomic E-state index is 11.9. The lowest BCUT2D eigenvalue weighted by Crippen LogP contribution is -1.97. The molecule has 0 aliphatic carbocycles. The molecule has 4 heteroatoms. The van der Waals surface area contributed by atoms with Gasteiger partial charge in [-0.05, 0) is 24.3 Å². The molecule has 1 heterocycles. The van der Waals surface area contributed by atoms with Gasteiger partial charge in [0, 0.05) is 11.1 Å². The van der Waals surface area contributed by atoms with Gasteiger partial charge in [0.1, 0.15) is 0 Å². The molecule has 1 aromatic carbocycles. The minimum absolute atomic E-state index is 0. The normalized spacial score (nSPS) is 11.5. The van der Waals surface area contributed by atoms with Gasteiger partial charge < -0.3 is 0 Å². The van der Waals surface area contributed by atoms with Gasteiger partial charge in [0.25, 0.3) is 0 Å². The van der Waals surface area contributed by atoms with Crippen LogP contribution >= 0.6 is 12.4 Å². The monoisotopic (exact) mass is 253 g/mol. The first-order valence-corrected chi connectivity index (χ1v) is 6.01. The Morgan fingerprint density at radius 1 is 1.00 bits per heavy atom. The van der Waals surface area contributed by atoms with E-state index in [1.54, 1.807) is 6.20 Å². The number of benzene rings is 1. The van der Waals surface area contributed by atoms with E-state index < -0.39 is 10.8 Å². The van der Waals surface area contributed by atoms with Crippen molar-refractivity contribution < 1.29 is 4.21 Å². The Balaban J connectivity index is 0.00000128. The standard InChI is InChI=1S/C12H11NOS.ClH/c14-15(12-7-2-1-3-8-12)10-11-6-4-5-9-13-11;/h1-9H,10H2;1H. The number of nitrogens with zero attached hydrogens (tertiary/aromatic N) is 1. The van der Waals surface area contributed by atoms with Crippen LogP contribution in [0.1, 0.15) is 5.69 Å². The summed E-state index contributed by atoms with van der Waals surface area (Å²) in [7, 11) is -0.997. The molecule has 2 aromatic rings. The van der Waals surface area contributed by atoms with Crippen LogP contribution in [0.3, 0.4) is 0 Å². The molecule has 0 radical (unpaired) electrons. The fourth-order valence-corrected chi connectivity index (χ4v) is 2.34. The fourth-order valence-electron chi connectivity index (χ4n) is 1.27. The summed E-state index contributed by atoms with van der Waals surface area (Å²) < 4.78 is 11.9. The molecule has 2 rings (SSSR count). The maximum Gasteiger partial charge on any atom is 0.0705 e. The Bertz CT molecular complexity index is 447. The van der Waals surface area contributed by atoms with Gasteiger partial charge in [-0.1, -0.05) is 24.3 Å². The first kappa shape index (κ1) is 12.9. The van der Waals surface area contributed by atoms with Crippen LogP contribution < -0.4 is 0 Å². The molecular weight excluding hydrogens is 242 g/mol. The third kappa shape index (κ3) is 3.43. The number of aromatic nitrogens is 1. The zero-order valence-electron chi connectivity index (χ0n) is 8.58. The Morgan fingerprint density at radius 3 is 2.31 bits per heavy atom. The molecule has 0 amide bonds. The van der Waals surface area contributed by atoms with Crippen molar-refractivity contribution in [3.8, 4) is 0 Å². The molecule has 0 saturated heterocycles. The lowest BCUT2D eigenvalue weighted by atomic mass is 10.4. The highest BCUT2D eigenvalue weighted by molar-refractivity contribution is 7.84. The summed E-state index contributed by atoms with van der Waals surface area (Å²) in [4.78, 5) is 5.00. The lowest BCUT2D eigenvalue weighted by molar-refractivity contribution is 0.682. The third-order valence-electron chi connectivity index (χ3n) is 2.01. The van der Waals surface area contributed by atoms with Crippen LogP contribution in [0, 0.1) is 0 Å². The van der Waals surface area contributed by atoms with E-state index in [1.807, 2.05) is 48.5 Å². The minimum atomic E-state index is -0.997. The molecule has 16 heavy (non-hydrogen) atoms. The third-order valence-corrected chi connectivity index (χ3v) is 3.37. The van der Waals surface area contributed by atoms with Crippen LogP contribution in [0.25, 0.3) is 0 Å². The van der Waals surface area contributed by atoms with E-state index in [4.69, 9.17) is 0 Å². The van der Waals surface area contributed by atoms with Gasteiger partial charge in [-0.25, -0.2) is 0 Å². The molecule has 1 atom stereocenters. The van der Waals surface area contributed by atoms with Gasteiger partial charge in [-0.2, -0.15) is 0 Å². The first-order valence-electron chi connectivity index (χ1n) is 4.69. The summed E-state index contributed by atoms with van der Waals surface area (Å²) in [5.74, 6) is 0.477. The summed E-state index contributed by atoms with van der Waals surface area (Å²) >= 11 is 0. The van der Waals surface area contributed by atoms with Crippen LogP contribution in [-0.2, 0) is 16.6 Å². The molecular formula is C12H12ClNOS. The SMILES string of the molecule is Cl.O=S(Cc1ccccn1)c1ccccc1. The van der Waals surface area contributed by atoms with Crippen molar-refractivity contribution in [2.75, 3.05) is 0 Å². The molecule has 1 aromatic heterocycles. The molecule has 84 valence electrons. The van der Waals surface area contributed by atoms with Crippen molar-refractivity contribution in [3.63, 3.8) is 0 Å². The minimum Gasteiger partial charge on any atom is -0.260 e. The van der Waals surface area contributed by atoms with Gasteiger partial charge >= 0.3 is 0 Å². The van der Waals surface area contributed by atoms with Crippen LogP contribution in [0.5, 0.6) is 0 Å². The average Bonchev–Trinajstić information content (AvgIpc) is 2.31. The number of rotatable bonds is 3. The van der Waals surface area contributed by atoms with E-state index in [-0.39, 0.29) is 12.4 Å². The molecule has 0 bridgehead atoms. The zero-order chi connectivity index (χ0) is 10.5. The largest absolute Gasteiger partial charge is 0.260 e. The molecule has 0 aliphatic rings. The van der Waals surface area contributed by atoms with Gasteiger partial charge in [-0.15, -0.1) is 12.4 Å². The Morgan fingerprint density at radius 2 is 1.69 bits per heavy atom. The Hall–Kier alpha value is -1.19. The van der Waals surface area contributed by atoms with E-state index in [9.17, 15) is 4.21 Å². The highest BCUT2D eigenvalue weighted by atomic mass is 35.5. The highest BCUT2D eigenvalue weighted by Crippen LogP contribution is 2.09. The van der Waals surface area contributed by atoms with Crippen LogP contribution in [0.15, 0.2) is 59.6 Å². The predicted molar refractivity (Wildman–Crippen MR) is 68.0 cm³/mol. The maximum atomic E-state index is 11.9. The predicted octanol–water partition coefficient (Wildman–Crippen LogP) is 2.81. The molecule has 0 aliphatic heterocycles. The fraction of sp³-hybridized carbons (Fsp3) is 0.0833. The Labute approximate surface area is 104 Å². The zero-order valence-corrected chi connectivity index (χ0v) is 10.2. The summed E-state index contributed by atoms with van der Waals surface area (Å²) in [6.07, 6.45) is 1.72. The highest BCUT2D eigenvalue weighted by Gasteiger charge is 2.04. The van der Waals surface area contributed by atoms with Gasteiger partial charge in [0.15, 0.2) is 0 Å². The van der Waals surface area contributed by atoms with Crippen molar-refractivity contribution in [1.82, 2.24) is 4.98 Å². The van der Waals surface area contributed by atoms with Crippen LogP contribution in [0.2, 0.25) is 0 Å². The van der Waals surface area contributed by atoms with Crippen molar-refractivity contribution in [1.29, 1.82) is 0 Å². The van der Waals surface area contributed by atoms with E-state index in [1.165, 1.54) is 0 Å². The van der Waals surface area contributed by atoms with Crippen LogP contribution in [-0.4, -0.2) is 9.19 Å². The van der Waals surface area contributed by atoms with Gasteiger partial charge in [0.2, 0.25) is 0 Å². The smallest absolute Gasteiger partial charge is 0.0705 e. The van der Waals surface area contributed by atoms with E-state index in [0.717, 1.165) is 10.6 Å². The van der Waals surface area contributed by atoms with E-state index >= 15 is 0 Å². The second kappa shape index (κ2) is 6.40. The molecule has 2 nitrogen and oxygen atoms in total. The van der Waals surface area contributed by atoms with Crippen molar-refractivity contribution in [2.24, 2.45) is 0 Å². The van der Waals surface area contributed by atoms with Gasteiger partial charge in [0.05, 0.1) is 22.2 Å². The number of halogens is 1. The molecule has 0 saturated carbocycles. The molecule has 0 fully saturated rings. The number of hydrogen-bond donors (Lipinski definition) is 0.